The molecule has 5 nitrogen and oxygen atoms in total. The van der Waals surface area contributed by atoms with E-state index < -0.39 is 0 Å². The smallest absolute Gasteiger partial charge is 0.179 e. The van der Waals surface area contributed by atoms with Gasteiger partial charge in [0, 0.05) is 31.9 Å². The molecule has 1 saturated heterocycles. The second-order valence-corrected chi connectivity index (χ2v) is 5.78. The van der Waals surface area contributed by atoms with Crippen molar-refractivity contribution in [1.82, 2.24) is 19.4 Å². The van der Waals surface area contributed by atoms with Crippen molar-refractivity contribution in [2.45, 2.75) is 19.9 Å². The quantitative estimate of drug-likeness (QED) is 0.882. The largest absolute Gasteiger partial charge is 0.379 e. The molecule has 0 spiro atoms. The van der Waals surface area contributed by atoms with Gasteiger partial charge in [-0.2, -0.15) is 0 Å². The fraction of sp³-hybridized carbons (Fsp3) is 0.571. The second kappa shape index (κ2) is 5.63. The van der Waals surface area contributed by atoms with Crippen LogP contribution in [0.3, 0.4) is 0 Å². The van der Waals surface area contributed by atoms with Gasteiger partial charge in [0.05, 0.1) is 18.7 Å². The Morgan fingerprint density at radius 1 is 1.45 bits per heavy atom. The van der Waals surface area contributed by atoms with Crippen LogP contribution in [-0.2, 0) is 4.74 Å². The number of rotatable bonds is 3. The lowest BCUT2D eigenvalue weighted by Crippen LogP contribution is -2.39. The highest BCUT2D eigenvalue weighted by Gasteiger charge is 2.18. The van der Waals surface area contributed by atoms with Crippen LogP contribution in [0.5, 0.6) is 0 Å². The lowest BCUT2D eigenvalue weighted by molar-refractivity contribution is 0.0327. The molecule has 0 radical (unpaired) electrons. The average molecular weight is 292 g/mol. The third-order valence-electron chi connectivity index (χ3n) is 3.89. The fourth-order valence-corrected chi connectivity index (χ4v) is 3.16. The van der Waals surface area contributed by atoms with E-state index >= 15 is 0 Å². The fourth-order valence-electron chi connectivity index (χ4n) is 2.79. The monoisotopic (exact) mass is 292 g/mol. The van der Waals surface area contributed by atoms with E-state index in [1.165, 1.54) is 5.56 Å². The zero-order valence-corrected chi connectivity index (χ0v) is 12.7. The topological polar surface area (TPSA) is 46.1 Å². The molecule has 6 heteroatoms. The Hall–Kier alpha value is -1.24. The number of pyridine rings is 1. The van der Waals surface area contributed by atoms with E-state index in [0.29, 0.717) is 6.04 Å². The number of aromatic amines is 1. The molecule has 1 aliphatic rings. The zero-order valence-electron chi connectivity index (χ0n) is 11.9. The van der Waals surface area contributed by atoms with Gasteiger partial charge in [-0.1, -0.05) is 0 Å². The number of ether oxygens (including phenoxy) is 1. The van der Waals surface area contributed by atoms with Crippen LogP contribution in [0.1, 0.15) is 18.5 Å². The number of fused-ring (bicyclic) bond motifs is 1. The molecule has 2 aromatic heterocycles. The number of H-pyrrole nitrogens is 1. The molecule has 1 N–H and O–H groups in total. The summed E-state index contributed by atoms with van der Waals surface area (Å²) in [7, 11) is 0. The third-order valence-corrected chi connectivity index (χ3v) is 4.18. The van der Waals surface area contributed by atoms with Gasteiger partial charge in [0.2, 0.25) is 0 Å². The highest BCUT2D eigenvalue weighted by atomic mass is 32.1. The predicted molar refractivity (Wildman–Crippen MR) is 81.6 cm³/mol. The number of aromatic nitrogens is 3. The first-order chi connectivity index (χ1) is 9.66. The van der Waals surface area contributed by atoms with Crippen LogP contribution >= 0.6 is 12.2 Å². The van der Waals surface area contributed by atoms with Crippen molar-refractivity contribution in [1.29, 1.82) is 0 Å². The van der Waals surface area contributed by atoms with Gasteiger partial charge in [-0.25, -0.2) is 4.98 Å². The van der Waals surface area contributed by atoms with E-state index in [1.807, 2.05) is 12.3 Å². The minimum absolute atomic E-state index is 0.295. The molecule has 0 amide bonds. The second-order valence-electron chi connectivity index (χ2n) is 5.39. The number of hydrogen-bond donors (Lipinski definition) is 1. The molecule has 0 bridgehead atoms. The van der Waals surface area contributed by atoms with Crippen molar-refractivity contribution >= 4 is 23.4 Å². The van der Waals surface area contributed by atoms with Crippen LogP contribution < -0.4 is 0 Å². The van der Waals surface area contributed by atoms with Gasteiger partial charge in [-0.05, 0) is 37.7 Å². The van der Waals surface area contributed by atoms with Gasteiger partial charge >= 0.3 is 0 Å². The van der Waals surface area contributed by atoms with E-state index in [-0.39, 0.29) is 0 Å². The maximum absolute atomic E-state index is 5.48. The van der Waals surface area contributed by atoms with Gasteiger partial charge in [-0.3, -0.25) is 9.47 Å². The molecule has 2 aromatic rings. The first-order valence-corrected chi connectivity index (χ1v) is 7.43. The van der Waals surface area contributed by atoms with Gasteiger partial charge in [0.15, 0.2) is 10.4 Å². The van der Waals surface area contributed by atoms with Crippen molar-refractivity contribution in [2.24, 2.45) is 0 Å². The number of imidazole rings is 1. The lowest BCUT2D eigenvalue weighted by atomic mass is 10.2. The molecule has 0 aliphatic carbocycles. The molecular weight excluding hydrogens is 272 g/mol. The van der Waals surface area contributed by atoms with Crippen LogP contribution in [0.2, 0.25) is 0 Å². The molecule has 108 valence electrons. The summed E-state index contributed by atoms with van der Waals surface area (Å²) in [6.45, 7) is 8.88. The Balaban J connectivity index is 1.91. The van der Waals surface area contributed by atoms with Crippen LogP contribution in [0.15, 0.2) is 12.3 Å². The first kappa shape index (κ1) is 13.7. The summed E-state index contributed by atoms with van der Waals surface area (Å²) in [6.07, 6.45) is 1.85. The molecule has 1 fully saturated rings. The molecular formula is C14H20N4OS. The number of hydrogen-bond acceptors (Lipinski definition) is 4. The summed E-state index contributed by atoms with van der Waals surface area (Å²) in [5.41, 5.74) is 3.18. The van der Waals surface area contributed by atoms with Crippen molar-refractivity contribution in [3.8, 4) is 0 Å². The predicted octanol–water partition coefficient (Wildman–Crippen LogP) is 2.30. The molecule has 20 heavy (non-hydrogen) atoms. The molecule has 3 rings (SSSR count). The standard InChI is InChI=1S/C14H20N4OS/c1-10-3-4-15-13-12(10)16-14(20)18(13)11(2)9-17-5-7-19-8-6-17/h3-4,11H,5-9H2,1-2H3,(H,16,20). The summed E-state index contributed by atoms with van der Waals surface area (Å²) in [5, 5.41) is 0. The number of morpholine rings is 1. The molecule has 3 heterocycles. The maximum Gasteiger partial charge on any atom is 0.179 e. The SMILES string of the molecule is Cc1ccnc2c1[nH]c(=S)n2C(C)CN1CCOCC1. The highest BCUT2D eigenvalue weighted by molar-refractivity contribution is 7.71. The first-order valence-electron chi connectivity index (χ1n) is 7.02. The molecule has 1 atom stereocenters. The Labute approximate surface area is 123 Å². The minimum Gasteiger partial charge on any atom is -0.379 e. The Morgan fingerprint density at radius 3 is 2.95 bits per heavy atom. The minimum atomic E-state index is 0.295. The lowest BCUT2D eigenvalue weighted by Gasteiger charge is -2.29. The van der Waals surface area contributed by atoms with Gasteiger partial charge in [0.1, 0.15) is 0 Å². The molecule has 0 aromatic carbocycles. The van der Waals surface area contributed by atoms with Crippen LogP contribution in [-0.4, -0.2) is 52.3 Å². The number of aryl methyl sites for hydroxylation is 1. The van der Waals surface area contributed by atoms with E-state index in [0.717, 1.165) is 48.8 Å². The van der Waals surface area contributed by atoms with Crippen LogP contribution in [0, 0.1) is 11.7 Å². The Morgan fingerprint density at radius 2 is 2.20 bits per heavy atom. The van der Waals surface area contributed by atoms with Gasteiger partial charge in [-0.15, -0.1) is 0 Å². The highest BCUT2D eigenvalue weighted by Crippen LogP contribution is 2.20. The maximum atomic E-state index is 5.48. The van der Waals surface area contributed by atoms with Crippen LogP contribution in [0.25, 0.3) is 11.2 Å². The molecule has 1 unspecified atom stereocenters. The molecule has 1 aliphatic heterocycles. The summed E-state index contributed by atoms with van der Waals surface area (Å²) in [5.74, 6) is 0. The number of nitrogens with zero attached hydrogens (tertiary/aromatic N) is 3. The normalized spacial score (nSPS) is 18.5. The van der Waals surface area contributed by atoms with Gasteiger partial charge in [0.25, 0.3) is 0 Å². The number of nitrogens with one attached hydrogen (secondary N) is 1. The van der Waals surface area contributed by atoms with Crippen molar-refractivity contribution in [3.63, 3.8) is 0 Å². The van der Waals surface area contributed by atoms with Crippen LogP contribution in [0.4, 0.5) is 0 Å². The molecule has 0 saturated carbocycles. The zero-order chi connectivity index (χ0) is 14.1. The summed E-state index contributed by atoms with van der Waals surface area (Å²) in [4.78, 5) is 10.2. The Bertz CT molecular complexity index is 657. The summed E-state index contributed by atoms with van der Waals surface area (Å²) < 4.78 is 8.28. The van der Waals surface area contributed by atoms with Gasteiger partial charge < -0.3 is 9.72 Å². The van der Waals surface area contributed by atoms with E-state index in [4.69, 9.17) is 17.0 Å². The summed E-state index contributed by atoms with van der Waals surface area (Å²) >= 11 is 5.48. The third kappa shape index (κ3) is 2.51. The van der Waals surface area contributed by atoms with E-state index in [1.54, 1.807) is 0 Å². The van der Waals surface area contributed by atoms with Crippen molar-refractivity contribution < 1.29 is 4.74 Å². The average Bonchev–Trinajstić information content (AvgIpc) is 2.78. The van der Waals surface area contributed by atoms with E-state index in [2.05, 4.69) is 33.3 Å². The van der Waals surface area contributed by atoms with Crippen molar-refractivity contribution in [2.75, 3.05) is 32.8 Å². The summed E-state index contributed by atoms with van der Waals surface area (Å²) in [6, 6.07) is 2.30. The van der Waals surface area contributed by atoms with Crippen molar-refractivity contribution in [3.05, 3.63) is 22.6 Å². The van der Waals surface area contributed by atoms with E-state index in [9.17, 15) is 0 Å². The Kier molecular flexibility index (Phi) is 3.87.